The Hall–Kier alpha value is -1.39. The summed E-state index contributed by atoms with van der Waals surface area (Å²) in [6, 6.07) is 6.92. The van der Waals surface area contributed by atoms with Crippen LogP contribution in [0, 0.1) is 0 Å². The average molecular weight is 288 g/mol. The molecule has 2 unspecified atom stereocenters. The van der Waals surface area contributed by atoms with Crippen molar-refractivity contribution < 1.29 is 9.53 Å². The molecule has 0 aromatic heterocycles. The molecule has 0 bridgehead atoms. The van der Waals surface area contributed by atoms with Crippen LogP contribution in [0.2, 0.25) is 0 Å². The van der Waals surface area contributed by atoms with E-state index >= 15 is 0 Å². The molecule has 3 rings (SSSR count). The zero-order valence-corrected chi connectivity index (χ0v) is 12.9. The number of hydrogen-bond acceptors (Lipinski definition) is 4. The summed E-state index contributed by atoms with van der Waals surface area (Å²) in [5, 5.41) is 0. The topological polar surface area (TPSA) is 32.8 Å². The minimum absolute atomic E-state index is 0.545. The summed E-state index contributed by atoms with van der Waals surface area (Å²) < 4.78 is 5.46. The van der Waals surface area contributed by atoms with Crippen LogP contribution in [0.4, 0.5) is 0 Å². The van der Waals surface area contributed by atoms with Crippen molar-refractivity contribution in [2.24, 2.45) is 0 Å². The van der Waals surface area contributed by atoms with Crippen molar-refractivity contribution in [3.63, 3.8) is 0 Å². The maximum atomic E-state index is 11.0. The standard InChI is InChI=1S/C17H24N2O2/c1-13-9-18-7-3-4-16(18)11-19(13)10-15-8-14(12-20)5-6-17(15)21-2/h5-6,8,12-13,16H,3-4,7,9-11H2,1-2H3. The zero-order chi connectivity index (χ0) is 14.8. The van der Waals surface area contributed by atoms with Crippen LogP contribution in [-0.2, 0) is 6.54 Å². The molecule has 0 amide bonds. The van der Waals surface area contributed by atoms with Crippen LogP contribution < -0.4 is 4.74 Å². The summed E-state index contributed by atoms with van der Waals surface area (Å²) in [6.07, 6.45) is 3.55. The molecule has 2 saturated heterocycles. The molecule has 4 nitrogen and oxygen atoms in total. The van der Waals surface area contributed by atoms with Crippen LogP contribution in [0.3, 0.4) is 0 Å². The Morgan fingerprint density at radius 1 is 1.38 bits per heavy atom. The first-order valence-corrected chi connectivity index (χ1v) is 7.81. The maximum Gasteiger partial charge on any atom is 0.150 e. The maximum absolute atomic E-state index is 11.0. The van der Waals surface area contributed by atoms with Crippen molar-refractivity contribution in [1.82, 2.24) is 9.80 Å². The minimum Gasteiger partial charge on any atom is -0.496 e. The molecule has 2 aliphatic heterocycles. The average Bonchev–Trinajstić information content (AvgIpc) is 2.94. The van der Waals surface area contributed by atoms with Gasteiger partial charge in [-0.3, -0.25) is 14.6 Å². The fourth-order valence-corrected chi connectivity index (χ4v) is 3.68. The third kappa shape index (κ3) is 2.97. The third-order valence-corrected chi connectivity index (χ3v) is 4.88. The smallest absolute Gasteiger partial charge is 0.150 e. The van der Waals surface area contributed by atoms with Crippen molar-refractivity contribution in [2.45, 2.75) is 38.4 Å². The molecule has 2 heterocycles. The van der Waals surface area contributed by atoms with Crippen molar-refractivity contribution in [3.05, 3.63) is 29.3 Å². The van der Waals surface area contributed by atoms with Crippen LogP contribution in [-0.4, -0.2) is 54.9 Å². The molecule has 1 aromatic carbocycles. The number of nitrogens with zero attached hydrogens (tertiary/aromatic N) is 2. The van der Waals surface area contributed by atoms with E-state index < -0.39 is 0 Å². The molecule has 0 radical (unpaired) electrons. The van der Waals surface area contributed by atoms with Gasteiger partial charge in [0.25, 0.3) is 0 Å². The lowest BCUT2D eigenvalue weighted by atomic mass is 10.0. The molecule has 0 aliphatic carbocycles. The summed E-state index contributed by atoms with van der Waals surface area (Å²) >= 11 is 0. The largest absolute Gasteiger partial charge is 0.496 e. The van der Waals surface area contributed by atoms with Crippen molar-refractivity contribution >= 4 is 6.29 Å². The van der Waals surface area contributed by atoms with E-state index in [-0.39, 0.29) is 0 Å². The Morgan fingerprint density at radius 3 is 3.00 bits per heavy atom. The zero-order valence-electron chi connectivity index (χ0n) is 12.9. The highest BCUT2D eigenvalue weighted by Gasteiger charge is 2.34. The highest BCUT2D eigenvalue weighted by Crippen LogP contribution is 2.28. The Labute approximate surface area is 126 Å². The lowest BCUT2D eigenvalue weighted by Crippen LogP contribution is -2.54. The number of benzene rings is 1. The number of ether oxygens (including phenoxy) is 1. The van der Waals surface area contributed by atoms with Gasteiger partial charge in [0.05, 0.1) is 7.11 Å². The quantitative estimate of drug-likeness (QED) is 0.795. The summed E-state index contributed by atoms with van der Waals surface area (Å²) in [7, 11) is 1.69. The fourth-order valence-electron chi connectivity index (χ4n) is 3.68. The highest BCUT2D eigenvalue weighted by atomic mass is 16.5. The van der Waals surface area contributed by atoms with E-state index in [1.807, 2.05) is 18.2 Å². The minimum atomic E-state index is 0.545. The Kier molecular flexibility index (Phi) is 4.27. The monoisotopic (exact) mass is 288 g/mol. The number of hydrogen-bond donors (Lipinski definition) is 0. The van der Waals surface area contributed by atoms with Gasteiger partial charge in [-0.1, -0.05) is 0 Å². The first-order valence-electron chi connectivity index (χ1n) is 7.81. The lowest BCUT2D eigenvalue weighted by molar-refractivity contribution is 0.0535. The molecule has 2 atom stereocenters. The van der Waals surface area contributed by atoms with E-state index in [1.54, 1.807) is 7.11 Å². The van der Waals surface area contributed by atoms with Gasteiger partial charge in [0.2, 0.25) is 0 Å². The van der Waals surface area contributed by atoms with Gasteiger partial charge in [-0.15, -0.1) is 0 Å². The second-order valence-corrected chi connectivity index (χ2v) is 6.26. The van der Waals surface area contributed by atoms with Crippen LogP contribution >= 0.6 is 0 Å². The normalized spacial score (nSPS) is 26.6. The first kappa shape index (κ1) is 14.5. The molecular formula is C17H24N2O2. The van der Waals surface area contributed by atoms with Gasteiger partial charge in [-0.05, 0) is 44.5 Å². The van der Waals surface area contributed by atoms with Gasteiger partial charge in [-0.25, -0.2) is 0 Å². The summed E-state index contributed by atoms with van der Waals surface area (Å²) in [5.74, 6) is 0.877. The van der Waals surface area contributed by atoms with Crippen LogP contribution in [0.1, 0.15) is 35.7 Å². The van der Waals surface area contributed by atoms with Gasteiger partial charge < -0.3 is 4.74 Å². The van der Waals surface area contributed by atoms with Crippen LogP contribution in [0.25, 0.3) is 0 Å². The number of aldehydes is 1. The van der Waals surface area contributed by atoms with E-state index in [0.29, 0.717) is 12.1 Å². The molecule has 0 spiro atoms. The van der Waals surface area contributed by atoms with E-state index in [0.717, 1.165) is 42.8 Å². The number of fused-ring (bicyclic) bond motifs is 1. The second-order valence-electron chi connectivity index (χ2n) is 6.26. The van der Waals surface area contributed by atoms with Gasteiger partial charge in [0, 0.05) is 42.8 Å². The number of carbonyl (C=O) groups is 1. The molecule has 2 aliphatic rings. The van der Waals surface area contributed by atoms with Crippen molar-refractivity contribution in [1.29, 1.82) is 0 Å². The lowest BCUT2D eigenvalue weighted by Gasteiger charge is -2.42. The predicted octanol–water partition coefficient (Wildman–Crippen LogP) is 2.18. The molecule has 0 N–H and O–H groups in total. The van der Waals surface area contributed by atoms with Crippen LogP contribution in [0.5, 0.6) is 5.75 Å². The van der Waals surface area contributed by atoms with Crippen LogP contribution in [0.15, 0.2) is 18.2 Å². The number of methoxy groups -OCH3 is 1. The summed E-state index contributed by atoms with van der Waals surface area (Å²) in [6.45, 7) is 6.68. The van der Waals surface area contributed by atoms with E-state index in [1.165, 1.54) is 19.4 Å². The first-order chi connectivity index (χ1) is 10.2. The number of piperazine rings is 1. The van der Waals surface area contributed by atoms with Gasteiger partial charge in [-0.2, -0.15) is 0 Å². The van der Waals surface area contributed by atoms with E-state index in [2.05, 4.69) is 16.7 Å². The molecule has 4 heteroatoms. The molecular weight excluding hydrogens is 264 g/mol. The third-order valence-electron chi connectivity index (χ3n) is 4.88. The summed E-state index contributed by atoms with van der Waals surface area (Å²) in [4.78, 5) is 16.2. The molecule has 114 valence electrons. The number of rotatable bonds is 4. The van der Waals surface area contributed by atoms with Gasteiger partial charge in [0.1, 0.15) is 12.0 Å². The van der Waals surface area contributed by atoms with Crippen molar-refractivity contribution in [2.75, 3.05) is 26.7 Å². The molecule has 0 saturated carbocycles. The SMILES string of the molecule is COc1ccc(C=O)cc1CN1CC2CCCN2CC1C. The summed E-state index contributed by atoms with van der Waals surface area (Å²) in [5.41, 5.74) is 1.83. The Morgan fingerprint density at radius 2 is 2.24 bits per heavy atom. The Balaban J connectivity index is 1.77. The number of carbonyl (C=O) groups excluding carboxylic acids is 1. The molecule has 2 fully saturated rings. The predicted molar refractivity (Wildman–Crippen MR) is 82.8 cm³/mol. The fraction of sp³-hybridized carbons (Fsp3) is 0.588. The second kappa shape index (κ2) is 6.16. The Bertz CT molecular complexity index is 518. The van der Waals surface area contributed by atoms with Gasteiger partial charge in [0.15, 0.2) is 0 Å². The highest BCUT2D eigenvalue weighted by molar-refractivity contribution is 5.75. The van der Waals surface area contributed by atoms with Gasteiger partial charge >= 0.3 is 0 Å². The molecule has 21 heavy (non-hydrogen) atoms. The van der Waals surface area contributed by atoms with Crippen molar-refractivity contribution in [3.8, 4) is 5.75 Å². The van der Waals surface area contributed by atoms with E-state index in [4.69, 9.17) is 4.74 Å². The van der Waals surface area contributed by atoms with E-state index in [9.17, 15) is 4.79 Å². The molecule has 1 aromatic rings.